The van der Waals surface area contributed by atoms with Crippen molar-refractivity contribution in [1.29, 1.82) is 0 Å². The summed E-state index contributed by atoms with van der Waals surface area (Å²) in [7, 11) is 1.36. The Morgan fingerprint density at radius 1 is 1.09 bits per heavy atom. The van der Waals surface area contributed by atoms with Crippen LogP contribution in [0.2, 0.25) is 0 Å². The maximum Gasteiger partial charge on any atom is 0.260 e. The number of aromatic nitrogens is 1. The average molecular weight is 503 g/mol. The Balaban J connectivity index is 1.96. The number of pyridine rings is 1. The van der Waals surface area contributed by atoms with Crippen molar-refractivity contribution >= 4 is 11.8 Å². The van der Waals surface area contributed by atoms with Crippen molar-refractivity contribution in [3.8, 4) is 16.9 Å². The molecule has 0 saturated heterocycles. The quantitative estimate of drug-likeness (QED) is 0.458. The zero-order valence-corrected chi connectivity index (χ0v) is 21.3. The number of nitrogens with one attached hydrogen (secondary N) is 1. The molecule has 0 bridgehead atoms. The van der Waals surface area contributed by atoms with Gasteiger partial charge in [-0.15, -0.1) is 11.8 Å². The van der Waals surface area contributed by atoms with Crippen LogP contribution in [0, 0.1) is 24.4 Å². The minimum Gasteiger partial charge on any atom is -0.494 e. The highest BCUT2D eigenvalue weighted by Crippen LogP contribution is 2.40. The lowest BCUT2D eigenvalue weighted by Gasteiger charge is -2.25. The molecule has 35 heavy (non-hydrogen) atoms. The predicted octanol–water partition coefficient (Wildman–Crippen LogP) is 5.88. The fourth-order valence-corrected chi connectivity index (χ4v) is 5.79. The van der Waals surface area contributed by atoms with Crippen LogP contribution in [0.1, 0.15) is 43.5 Å². The molecule has 1 aromatic heterocycles. The summed E-state index contributed by atoms with van der Waals surface area (Å²) in [4.78, 5) is 13.9. The van der Waals surface area contributed by atoms with E-state index in [0.717, 1.165) is 0 Å². The second kappa shape index (κ2) is 9.74. The minimum absolute atomic E-state index is 0.0221. The summed E-state index contributed by atoms with van der Waals surface area (Å²) >= 11 is 1.49. The van der Waals surface area contributed by atoms with E-state index in [9.17, 15) is 13.6 Å². The molecule has 1 aliphatic rings. The molecule has 1 atom stereocenters. The van der Waals surface area contributed by atoms with Gasteiger partial charge in [0, 0.05) is 35.4 Å². The number of methoxy groups -OCH3 is 1. The Morgan fingerprint density at radius 2 is 1.74 bits per heavy atom. The highest BCUT2D eigenvalue weighted by molar-refractivity contribution is 7.99. The van der Waals surface area contributed by atoms with Crippen molar-refractivity contribution in [1.82, 2.24) is 9.88 Å². The smallest absolute Gasteiger partial charge is 0.260 e. The van der Waals surface area contributed by atoms with E-state index >= 15 is 4.39 Å². The summed E-state index contributed by atoms with van der Waals surface area (Å²) in [6.07, 6.45) is -0.0506. The molecular weight excluding hydrogens is 473 g/mol. The number of hydrogen-bond donors (Lipinski definition) is 1. The lowest BCUT2D eigenvalue weighted by atomic mass is 9.94. The van der Waals surface area contributed by atoms with E-state index in [1.54, 1.807) is 17.6 Å². The van der Waals surface area contributed by atoms with E-state index in [1.807, 2.05) is 20.8 Å². The van der Waals surface area contributed by atoms with Crippen LogP contribution >= 0.6 is 11.8 Å². The fourth-order valence-electron chi connectivity index (χ4n) is 4.41. The van der Waals surface area contributed by atoms with Crippen molar-refractivity contribution in [3.63, 3.8) is 0 Å². The van der Waals surface area contributed by atoms with Gasteiger partial charge >= 0.3 is 0 Å². The van der Waals surface area contributed by atoms with Gasteiger partial charge in [-0.1, -0.05) is 18.2 Å². The zero-order chi connectivity index (χ0) is 25.5. The molecule has 0 amide bonds. The molecule has 0 fully saturated rings. The third-order valence-corrected chi connectivity index (χ3v) is 7.52. The van der Waals surface area contributed by atoms with Gasteiger partial charge in [0.05, 0.1) is 23.7 Å². The molecule has 4 rings (SSSR count). The topological polar surface area (TPSA) is 43.3 Å². The van der Waals surface area contributed by atoms with E-state index in [1.165, 1.54) is 49.2 Å². The van der Waals surface area contributed by atoms with Gasteiger partial charge in [-0.05, 0) is 57.0 Å². The molecule has 0 aliphatic carbocycles. The molecule has 1 N–H and O–H groups in total. The lowest BCUT2D eigenvalue weighted by molar-refractivity contribution is 0.374. The third kappa shape index (κ3) is 4.86. The van der Waals surface area contributed by atoms with E-state index in [0.29, 0.717) is 28.5 Å². The van der Waals surface area contributed by atoms with Crippen LogP contribution in [0.25, 0.3) is 11.1 Å². The highest BCUT2D eigenvalue weighted by atomic mass is 32.2. The van der Waals surface area contributed by atoms with Gasteiger partial charge in [0.15, 0.2) is 11.6 Å². The molecule has 1 unspecified atom stereocenters. The van der Waals surface area contributed by atoms with E-state index in [2.05, 4.69) is 5.32 Å². The normalized spacial score (nSPS) is 15.4. The summed E-state index contributed by atoms with van der Waals surface area (Å²) in [5, 5.41) is 4.11. The SMILES string of the molecule is COc1cccc(-c2c(C)c(Cc3c(F)cccc3F)c3n(c2=O)C(CNC(C)(C)C)CS3)c1F. The van der Waals surface area contributed by atoms with E-state index in [4.69, 9.17) is 4.74 Å². The number of halogens is 3. The van der Waals surface area contributed by atoms with Crippen LogP contribution in [0.5, 0.6) is 5.75 Å². The molecule has 0 radical (unpaired) electrons. The molecule has 0 saturated carbocycles. The fraction of sp³-hybridized carbons (Fsp3) is 0.370. The molecule has 2 aromatic carbocycles. The van der Waals surface area contributed by atoms with E-state index in [-0.39, 0.29) is 46.0 Å². The molecule has 186 valence electrons. The molecule has 1 aliphatic heterocycles. The summed E-state index contributed by atoms with van der Waals surface area (Å²) in [5.41, 5.74) is 0.848. The van der Waals surface area contributed by atoms with Gasteiger partial charge in [0.2, 0.25) is 0 Å². The second-order valence-electron chi connectivity index (χ2n) is 9.75. The Hall–Kier alpha value is -2.71. The summed E-state index contributed by atoms with van der Waals surface area (Å²) in [6, 6.07) is 8.20. The van der Waals surface area contributed by atoms with Gasteiger partial charge in [0.25, 0.3) is 5.56 Å². The number of rotatable bonds is 6. The third-order valence-electron chi connectivity index (χ3n) is 6.25. The van der Waals surface area contributed by atoms with Gasteiger partial charge in [-0.2, -0.15) is 0 Å². The predicted molar refractivity (Wildman–Crippen MR) is 134 cm³/mol. The van der Waals surface area contributed by atoms with Crippen LogP contribution in [0.15, 0.2) is 46.2 Å². The van der Waals surface area contributed by atoms with Gasteiger partial charge < -0.3 is 10.1 Å². The molecular formula is C27H29F3N2O2S. The first-order chi connectivity index (χ1) is 16.5. The number of fused-ring (bicyclic) bond motifs is 1. The maximum atomic E-state index is 15.3. The summed E-state index contributed by atoms with van der Waals surface area (Å²) < 4.78 is 51.4. The monoisotopic (exact) mass is 502 g/mol. The largest absolute Gasteiger partial charge is 0.494 e. The second-order valence-corrected chi connectivity index (χ2v) is 10.8. The first kappa shape index (κ1) is 25.4. The van der Waals surface area contributed by atoms with Crippen molar-refractivity contribution in [2.75, 3.05) is 19.4 Å². The number of ether oxygens (including phenoxy) is 1. The Bertz CT molecular complexity index is 1310. The number of hydrogen-bond acceptors (Lipinski definition) is 4. The molecule has 3 aromatic rings. The molecule has 4 nitrogen and oxygen atoms in total. The minimum atomic E-state index is -0.655. The summed E-state index contributed by atoms with van der Waals surface area (Å²) in [5.74, 6) is -1.31. The Morgan fingerprint density at radius 3 is 2.37 bits per heavy atom. The maximum absolute atomic E-state index is 15.3. The van der Waals surface area contributed by atoms with Crippen molar-refractivity contribution in [2.45, 2.75) is 50.7 Å². The Labute approximate surface area is 207 Å². The van der Waals surface area contributed by atoms with Crippen LogP contribution in [-0.4, -0.2) is 29.5 Å². The number of nitrogens with zero attached hydrogens (tertiary/aromatic N) is 1. The first-order valence-corrected chi connectivity index (χ1v) is 12.4. The van der Waals surface area contributed by atoms with Crippen LogP contribution in [-0.2, 0) is 6.42 Å². The van der Waals surface area contributed by atoms with E-state index < -0.39 is 17.5 Å². The number of benzene rings is 2. The molecule has 0 spiro atoms. The van der Waals surface area contributed by atoms with Gasteiger partial charge in [0.1, 0.15) is 11.6 Å². The lowest BCUT2D eigenvalue weighted by Crippen LogP contribution is -2.41. The summed E-state index contributed by atoms with van der Waals surface area (Å²) in [6.45, 7) is 8.36. The van der Waals surface area contributed by atoms with Crippen LogP contribution in [0.4, 0.5) is 13.2 Å². The zero-order valence-electron chi connectivity index (χ0n) is 20.5. The molecule has 8 heteroatoms. The van der Waals surface area contributed by atoms with Crippen molar-refractivity contribution in [2.24, 2.45) is 0 Å². The first-order valence-electron chi connectivity index (χ1n) is 11.4. The van der Waals surface area contributed by atoms with Crippen LogP contribution < -0.4 is 15.6 Å². The Kier molecular flexibility index (Phi) is 7.06. The number of thioether (sulfide) groups is 1. The van der Waals surface area contributed by atoms with Crippen molar-refractivity contribution in [3.05, 3.63) is 80.9 Å². The van der Waals surface area contributed by atoms with Crippen molar-refractivity contribution < 1.29 is 17.9 Å². The highest BCUT2D eigenvalue weighted by Gasteiger charge is 2.32. The standard InChI is InChI=1S/C27H29F3N2O2S/c1-15-18(12-19-20(28)9-7-10-21(19)29)26-32(16(14-35-26)13-31-27(2,3)4)25(33)23(15)17-8-6-11-22(34-5)24(17)30/h6-11,16,31H,12-14H2,1-5H3. The molecule has 2 heterocycles. The van der Waals surface area contributed by atoms with Gasteiger partial charge in [-0.3, -0.25) is 9.36 Å². The average Bonchev–Trinajstić information content (AvgIpc) is 3.22. The van der Waals surface area contributed by atoms with Crippen LogP contribution in [0.3, 0.4) is 0 Å². The van der Waals surface area contributed by atoms with Gasteiger partial charge in [-0.25, -0.2) is 13.2 Å².